The van der Waals surface area contributed by atoms with Crippen LogP contribution in [0.2, 0.25) is 0 Å². The summed E-state index contributed by atoms with van der Waals surface area (Å²) in [6.07, 6.45) is 5.59. The van der Waals surface area contributed by atoms with Crippen molar-refractivity contribution in [3.05, 3.63) is 17.6 Å². The molecule has 2 aliphatic rings. The van der Waals surface area contributed by atoms with E-state index >= 15 is 0 Å². The lowest BCUT2D eigenvalue weighted by Crippen LogP contribution is -2.47. The molecule has 0 aromatic carbocycles. The van der Waals surface area contributed by atoms with E-state index in [1.54, 1.807) is 0 Å². The average molecular weight is 418 g/mol. The molecule has 7 nitrogen and oxygen atoms in total. The monoisotopic (exact) mass is 417 g/mol. The molecule has 1 aromatic heterocycles. The Balaban J connectivity index is 1.53. The highest BCUT2D eigenvalue weighted by Gasteiger charge is 2.26. The van der Waals surface area contributed by atoms with E-state index in [1.807, 2.05) is 6.92 Å². The first-order valence-corrected chi connectivity index (χ1v) is 11.5. The summed E-state index contributed by atoms with van der Waals surface area (Å²) in [5.74, 6) is 2.66. The number of ether oxygens (including phenoxy) is 1. The van der Waals surface area contributed by atoms with Crippen LogP contribution in [0.4, 0.5) is 5.82 Å². The Morgan fingerprint density at radius 3 is 2.63 bits per heavy atom. The first-order valence-electron chi connectivity index (χ1n) is 11.5. The Morgan fingerprint density at radius 1 is 1.20 bits per heavy atom. The number of hydrogen-bond acceptors (Lipinski definition) is 6. The van der Waals surface area contributed by atoms with Crippen molar-refractivity contribution in [2.24, 2.45) is 5.92 Å². The summed E-state index contributed by atoms with van der Waals surface area (Å²) in [7, 11) is 0. The summed E-state index contributed by atoms with van der Waals surface area (Å²) >= 11 is 0. The van der Waals surface area contributed by atoms with Gasteiger partial charge in [-0.05, 0) is 45.1 Å². The second-order valence-electron chi connectivity index (χ2n) is 9.71. The van der Waals surface area contributed by atoms with Crippen LogP contribution in [0.25, 0.3) is 0 Å². The highest BCUT2D eigenvalue weighted by molar-refractivity contribution is 5.46. The molecule has 0 bridgehead atoms. The minimum Gasteiger partial charge on any atom is -0.375 e. The molecular weight excluding hydrogens is 378 g/mol. The Kier molecular flexibility index (Phi) is 8.06. The van der Waals surface area contributed by atoms with E-state index in [2.05, 4.69) is 42.0 Å². The van der Waals surface area contributed by atoms with Gasteiger partial charge in [0.2, 0.25) is 6.41 Å². The van der Waals surface area contributed by atoms with Gasteiger partial charge in [0.1, 0.15) is 11.6 Å². The number of amides is 1. The van der Waals surface area contributed by atoms with Gasteiger partial charge in [-0.25, -0.2) is 9.97 Å². The molecule has 0 radical (unpaired) electrons. The van der Waals surface area contributed by atoms with Crippen molar-refractivity contribution >= 4 is 12.2 Å². The number of piperazine rings is 1. The average Bonchev–Trinajstić information content (AvgIpc) is 3.18. The van der Waals surface area contributed by atoms with E-state index < -0.39 is 0 Å². The molecule has 1 aliphatic heterocycles. The van der Waals surface area contributed by atoms with Crippen LogP contribution < -0.4 is 10.2 Å². The number of nitrogens with one attached hydrogen (secondary N) is 1. The molecule has 2 fully saturated rings. The fourth-order valence-corrected chi connectivity index (χ4v) is 4.41. The van der Waals surface area contributed by atoms with Crippen molar-refractivity contribution in [1.29, 1.82) is 0 Å². The lowest BCUT2D eigenvalue weighted by molar-refractivity contribution is -0.110. The van der Waals surface area contributed by atoms with Crippen LogP contribution in [0.1, 0.15) is 64.9 Å². The van der Waals surface area contributed by atoms with Crippen LogP contribution in [0.15, 0.2) is 6.07 Å². The van der Waals surface area contributed by atoms with Crippen molar-refractivity contribution in [3.8, 4) is 0 Å². The minimum absolute atomic E-state index is 0.0867. The molecular formula is C23H39N5O2. The van der Waals surface area contributed by atoms with E-state index in [1.165, 1.54) is 12.8 Å². The zero-order valence-corrected chi connectivity index (χ0v) is 19.2. The quantitative estimate of drug-likeness (QED) is 0.623. The van der Waals surface area contributed by atoms with Gasteiger partial charge in [0.05, 0.1) is 12.3 Å². The molecule has 1 saturated heterocycles. The van der Waals surface area contributed by atoms with Gasteiger partial charge >= 0.3 is 0 Å². The van der Waals surface area contributed by atoms with E-state index in [9.17, 15) is 4.79 Å². The fourth-order valence-electron chi connectivity index (χ4n) is 4.41. The van der Waals surface area contributed by atoms with Gasteiger partial charge in [0, 0.05) is 50.3 Å². The zero-order chi connectivity index (χ0) is 21.6. The Morgan fingerprint density at radius 2 is 1.97 bits per heavy atom. The van der Waals surface area contributed by atoms with Crippen molar-refractivity contribution in [1.82, 2.24) is 20.2 Å². The van der Waals surface area contributed by atoms with Gasteiger partial charge in [0.25, 0.3) is 0 Å². The van der Waals surface area contributed by atoms with Gasteiger partial charge in [-0.15, -0.1) is 0 Å². The first-order chi connectivity index (χ1) is 14.4. The topological polar surface area (TPSA) is 70.6 Å². The molecule has 0 spiro atoms. The van der Waals surface area contributed by atoms with E-state index in [0.29, 0.717) is 19.3 Å². The number of nitrogens with zero attached hydrogens (tertiary/aromatic N) is 4. The van der Waals surface area contributed by atoms with Crippen LogP contribution in [0, 0.1) is 5.92 Å². The van der Waals surface area contributed by atoms with Gasteiger partial charge < -0.3 is 15.0 Å². The van der Waals surface area contributed by atoms with Crippen molar-refractivity contribution < 1.29 is 9.53 Å². The number of rotatable bonds is 9. The van der Waals surface area contributed by atoms with E-state index in [4.69, 9.17) is 14.7 Å². The number of aromatic nitrogens is 2. The molecule has 7 heteroatoms. The molecule has 1 aromatic rings. The lowest BCUT2D eigenvalue weighted by Gasteiger charge is -2.36. The molecule has 30 heavy (non-hydrogen) atoms. The van der Waals surface area contributed by atoms with Crippen LogP contribution in [-0.4, -0.2) is 66.7 Å². The van der Waals surface area contributed by atoms with Gasteiger partial charge in [-0.3, -0.25) is 9.69 Å². The van der Waals surface area contributed by atoms with Gasteiger partial charge in [-0.1, -0.05) is 20.8 Å². The third kappa shape index (κ3) is 6.38. The van der Waals surface area contributed by atoms with Crippen molar-refractivity contribution in [3.63, 3.8) is 0 Å². The maximum atomic E-state index is 10.6. The number of hydrogen-bond donors (Lipinski definition) is 1. The van der Waals surface area contributed by atoms with Crippen LogP contribution in [-0.2, 0) is 21.6 Å². The van der Waals surface area contributed by atoms with E-state index in [-0.39, 0.29) is 5.41 Å². The lowest BCUT2D eigenvalue weighted by atomic mass is 9.95. The highest BCUT2D eigenvalue weighted by atomic mass is 16.5. The minimum atomic E-state index is -0.0867. The third-order valence-electron chi connectivity index (χ3n) is 6.29. The highest BCUT2D eigenvalue weighted by Crippen LogP contribution is 2.28. The molecule has 168 valence electrons. The molecule has 1 aliphatic carbocycles. The predicted molar refractivity (Wildman–Crippen MR) is 120 cm³/mol. The zero-order valence-electron chi connectivity index (χ0n) is 19.2. The number of anilines is 1. The molecule has 3 rings (SSSR count). The normalized spacial score (nSPS) is 23.0. The summed E-state index contributed by atoms with van der Waals surface area (Å²) < 4.78 is 5.61. The maximum absolute atomic E-state index is 10.6. The Bertz CT molecular complexity index is 683. The van der Waals surface area contributed by atoms with Crippen LogP contribution >= 0.6 is 0 Å². The summed E-state index contributed by atoms with van der Waals surface area (Å²) in [6, 6.07) is 2.49. The Hall–Kier alpha value is -1.73. The number of carbonyl (C=O) groups is 1. The molecule has 1 amide bonds. The first kappa shape index (κ1) is 22.9. The molecule has 2 atom stereocenters. The third-order valence-corrected chi connectivity index (χ3v) is 6.29. The smallest absolute Gasteiger partial charge is 0.207 e. The summed E-state index contributed by atoms with van der Waals surface area (Å²) in [4.78, 5) is 25.2. The van der Waals surface area contributed by atoms with Crippen LogP contribution in [0.5, 0.6) is 0 Å². The fraction of sp³-hybridized carbons (Fsp3) is 0.783. The summed E-state index contributed by atoms with van der Waals surface area (Å²) in [5.41, 5.74) is 0.880. The Labute approximate surface area is 181 Å². The molecule has 2 unspecified atom stereocenters. The van der Waals surface area contributed by atoms with Gasteiger partial charge in [-0.2, -0.15) is 0 Å². The number of carbonyl (C=O) groups excluding carboxylic acids is 1. The largest absolute Gasteiger partial charge is 0.375 e. The van der Waals surface area contributed by atoms with Crippen molar-refractivity contribution in [2.45, 2.75) is 71.4 Å². The summed E-state index contributed by atoms with van der Waals surface area (Å²) in [5, 5.41) is 2.95. The summed E-state index contributed by atoms with van der Waals surface area (Å²) in [6.45, 7) is 15.0. The second kappa shape index (κ2) is 10.5. The standard InChI is InChI=1S/C23H39N5O2/c1-5-30-16-20-15-21(26-22(25-20)23(2,3)4)28-12-10-27(11-13-28)9-8-18-6-7-19(14-18)24-17-29/h15,17-19H,5-14,16H2,1-4H3,(H,24,29). The molecule has 1 N–H and O–H groups in total. The second-order valence-corrected chi connectivity index (χ2v) is 9.71. The molecule has 1 saturated carbocycles. The van der Waals surface area contributed by atoms with Crippen molar-refractivity contribution in [2.75, 3.05) is 44.2 Å². The maximum Gasteiger partial charge on any atom is 0.207 e. The molecule has 2 heterocycles. The van der Waals surface area contributed by atoms with E-state index in [0.717, 1.165) is 75.2 Å². The predicted octanol–water partition coefficient (Wildman–Crippen LogP) is 2.74. The van der Waals surface area contributed by atoms with Crippen LogP contribution in [0.3, 0.4) is 0 Å². The SMILES string of the molecule is CCOCc1cc(N2CCN(CCC3CCC(NC=O)C3)CC2)nc(C(C)(C)C)n1. The van der Waals surface area contributed by atoms with Gasteiger partial charge in [0.15, 0.2) is 0 Å².